The van der Waals surface area contributed by atoms with Crippen molar-refractivity contribution in [3.63, 3.8) is 0 Å². The SMILES string of the molecule is Cc1ccccc1C(=O)Nc1ccc(C(=O)N2CCCC(O)c3cc(OC4CCCN(C(=O)c5ccc(NC(=O)c6ccccc6C)cc5C)c5ccc(Cl)cc54)ccc32)c(C)c1. The molecule has 6 aromatic rings. The molecule has 6 aromatic carbocycles. The molecule has 10 nitrogen and oxygen atoms in total. The van der Waals surface area contributed by atoms with Crippen molar-refractivity contribution >= 4 is 58.0 Å². The maximum Gasteiger partial charge on any atom is 0.258 e. The van der Waals surface area contributed by atoms with Crippen LogP contribution in [0, 0.1) is 27.7 Å². The fraction of sp³-hybridized carbons (Fsp3) is 0.231. The molecule has 0 aliphatic carbocycles. The average molecular weight is 861 g/mol. The zero-order chi connectivity index (χ0) is 44.4. The van der Waals surface area contributed by atoms with Crippen LogP contribution >= 0.6 is 11.6 Å². The molecule has 3 N–H and O–H groups in total. The molecule has 2 heterocycles. The van der Waals surface area contributed by atoms with E-state index in [1.807, 2.05) is 100 Å². The summed E-state index contributed by atoms with van der Waals surface area (Å²) >= 11 is 6.60. The van der Waals surface area contributed by atoms with Gasteiger partial charge in [-0.1, -0.05) is 48.0 Å². The molecule has 0 spiro atoms. The van der Waals surface area contributed by atoms with E-state index in [1.165, 1.54) is 0 Å². The van der Waals surface area contributed by atoms with Gasteiger partial charge in [-0.3, -0.25) is 19.2 Å². The van der Waals surface area contributed by atoms with Gasteiger partial charge in [0.15, 0.2) is 0 Å². The number of halogens is 1. The normalized spacial score (nSPS) is 15.9. The first-order valence-corrected chi connectivity index (χ1v) is 21.6. The molecule has 63 heavy (non-hydrogen) atoms. The third-order valence-corrected chi connectivity index (χ3v) is 12.2. The number of carbonyl (C=O) groups is 4. The minimum Gasteiger partial charge on any atom is -0.486 e. The topological polar surface area (TPSA) is 128 Å². The zero-order valence-corrected chi connectivity index (χ0v) is 36.5. The van der Waals surface area contributed by atoms with Crippen LogP contribution in [0.15, 0.2) is 121 Å². The van der Waals surface area contributed by atoms with Crippen LogP contribution < -0.4 is 25.2 Å². The Morgan fingerprint density at radius 3 is 1.62 bits per heavy atom. The van der Waals surface area contributed by atoms with E-state index >= 15 is 0 Å². The number of carbonyl (C=O) groups excluding carboxylic acids is 4. The summed E-state index contributed by atoms with van der Waals surface area (Å²) in [5.74, 6) is -0.307. The molecule has 8 rings (SSSR count). The van der Waals surface area contributed by atoms with Crippen molar-refractivity contribution < 1.29 is 29.0 Å². The number of hydrogen-bond acceptors (Lipinski definition) is 6. The number of hydrogen-bond donors (Lipinski definition) is 3. The average Bonchev–Trinajstić information content (AvgIpc) is 3.54. The summed E-state index contributed by atoms with van der Waals surface area (Å²) in [5.41, 5.74) is 9.17. The maximum absolute atomic E-state index is 14.3. The van der Waals surface area contributed by atoms with E-state index in [1.54, 1.807) is 58.3 Å². The van der Waals surface area contributed by atoms with E-state index in [4.69, 9.17) is 16.3 Å². The molecule has 0 aromatic heterocycles. The lowest BCUT2D eigenvalue weighted by Gasteiger charge is -2.27. The molecule has 0 radical (unpaired) electrons. The minimum absolute atomic E-state index is 0.177. The lowest BCUT2D eigenvalue weighted by Crippen LogP contribution is -2.32. The number of aliphatic hydroxyl groups is 1. The Bertz CT molecular complexity index is 2770. The van der Waals surface area contributed by atoms with Crippen LogP contribution in [0.4, 0.5) is 22.7 Å². The number of aliphatic hydroxyl groups excluding tert-OH is 1. The number of ether oxygens (including phenoxy) is 1. The Hall–Kier alpha value is -6.75. The van der Waals surface area contributed by atoms with Crippen molar-refractivity contribution in [3.8, 4) is 5.75 Å². The van der Waals surface area contributed by atoms with Gasteiger partial charge in [-0.25, -0.2) is 0 Å². The van der Waals surface area contributed by atoms with E-state index in [-0.39, 0.29) is 23.6 Å². The van der Waals surface area contributed by atoms with Gasteiger partial charge in [0.25, 0.3) is 23.6 Å². The number of nitrogens with one attached hydrogen (secondary N) is 2. The summed E-state index contributed by atoms with van der Waals surface area (Å²) in [7, 11) is 0. The first-order chi connectivity index (χ1) is 30.4. The highest BCUT2D eigenvalue weighted by Gasteiger charge is 2.32. The summed E-state index contributed by atoms with van der Waals surface area (Å²) < 4.78 is 6.72. The summed E-state index contributed by atoms with van der Waals surface area (Å²) in [4.78, 5) is 58.1. The van der Waals surface area contributed by atoms with E-state index < -0.39 is 12.2 Å². The number of nitrogens with zero attached hydrogens (tertiary/aromatic N) is 2. The number of benzene rings is 6. The molecule has 0 saturated carbocycles. The van der Waals surface area contributed by atoms with Gasteiger partial charge < -0.3 is 30.3 Å². The fourth-order valence-corrected chi connectivity index (χ4v) is 8.77. The molecule has 11 heteroatoms. The van der Waals surface area contributed by atoms with Crippen LogP contribution in [0.1, 0.15) is 113 Å². The van der Waals surface area contributed by atoms with Crippen molar-refractivity contribution in [2.75, 3.05) is 33.5 Å². The standard InChI is InChI=1S/C52H49ClN4O6/c1-31-11-5-7-13-39(31)49(59)54-36-18-21-41(33(3)27-36)51(61)56-25-9-15-47(58)43-30-38(20-24-45(43)56)63-48-16-10-26-57(46-23-17-35(53)29-44(46)48)52(62)42-22-19-37(28-34(42)4)55-50(60)40-14-8-6-12-32(40)2/h5-8,11-14,17-24,27-30,47-48,58H,9-10,15-16,25-26H2,1-4H3,(H,54,59)(H,55,60). The zero-order valence-electron chi connectivity index (χ0n) is 35.7. The predicted octanol–water partition coefficient (Wildman–Crippen LogP) is 11.1. The quantitative estimate of drug-likeness (QED) is 0.140. The molecule has 0 fully saturated rings. The Morgan fingerprint density at radius 1 is 0.571 bits per heavy atom. The van der Waals surface area contributed by atoms with Gasteiger partial charge in [0.1, 0.15) is 11.9 Å². The molecule has 0 saturated heterocycles. The van der Waals surface area contributed by atoms with Crippen molar-refractivity contribution in [1.82, 2.24) is 0 Å². The van der Waals surface area contributed by atoms with Crippen molar-refractivity contribution in [3.05, 3.63) is 182 Å². The smallest absolute Gasteiger partial charge is 0.258 e. The van der Waals surface area contributed by atoms with Gasteiger partial charge in [0.2, 0.25) is 0 Å². The molecular formula is C52H49ClN4O6. The molecule has 0 bridgehead atoms. The molecule has 2 unspecified atom stereocenters. The van der Waals surface area contributed by atoms with Gasteiger partial charge in [0.05, 0.1) is 17.5 Å². The first kappa shape index (κ1) is 42.9. The highest BCUT2D eigenvalue weighted by molar-refractivity contribution is 6.30. The van der Waals surface area contributed by atoms with Gasteiger partial charge in [-0.2, -0.15) is 0 Å². The number of amides is 4. The second kappa shape index (κ2) is 18.3. The number of aryl methyl sites for hydroxylation is 4. The van der Waals surface area contributed by atoms with Crippen LogP contribution in [-0.4, -0.2) is 41.8 Å². The largest absolute Gasteiger partial charge is 0.486 e. The Morgan fingerprint density at radius 2 is 1.08 bits per heavy atom. The van der Waals surface area contributed by atoms with Crippen LogP contribution in [0.3, 0.4) is 0 Å². The van der Waals surface area contributed by atoms with Crippen LogP contribution in [0.2, 0.25) is 5.02 Å². The fourth-order valence-electron chi connectivity index (χ4n) is 8.59. The van der Waals surface area contributed by atoms with E-state index in [0.29, 0.717) is 106 Å². The van der Waals surface area contributed by atoms with Gasteiger partial charge in [0, 0.05) is 62.9 Å². The number of fused-ring (bicyclic) bond motifs is 2. The lowest BCUT2D eigenvalue weighted by atomic mass is 10.0. The van der Waals surface area contributed by atoms with Crippen molar-refractivity contribution in [1.29, 1.82) is 0 Å². The Kier molecular flexibility index (Phi) is 12.5. The van der Waals surface area contributed by atoms with Gasteiger partial charge >= 0.3 is 0 Å². The molecule has 2 atom stereocenters. The van der Waals surface area contributed by atoms with E-state index in [0.717, 1.165) is 22.3 Å². The maximum atomic E-state index is 14.3. The summed E-state index contributed by atoms with van der Waals surface area (Å²) in [6.07, 6.45) is 0.977. The molecule has 2 aliphatic rings. The van der Waals surface area contributed by atoms with Crippen molar-refractivity contribution in [2.45, 2.75) is 65.6 Å². The number of anilines is 4. The minimum atomic E-state index is -0.823. The Balaban J connectivity index is 1.01. The lowest BCUT2D eigenvalue weighted by molar-refractivity contribution is 0.0978. The van der Waals surface area contributed by atoms with Gasteiger partial charge in [-0.15, -0.1) is 0 Å². The summed E-state index contributed by atoms with van der Waals surface area (Å²) in [6, 6.07) is 36.2. The summed E-state index contributed by atoms with van der Waals surface area (Å²) in [5, 5.41) is 17.8. The highest BCUT2D eigenvalue weighted by Crippen LogP contribution is 2.42. The van der Waals surface area contributed by atoms with Crippen LogP contribution in [0.5, 0.6) is 5.75 Å². The van der Waals surface area contributed by atoms with Crippen LogP contribution in [0.25, 0.3) is 0 Å². The van der Waals surface area contributed by atoms with Crippen LogP contribution in [-0.2, 0) is 0 Å². The molecule has 4 amide bonds. The van der Waals surface area contributed by atoms with E-state index in [9.17, 15) is 24.3 Å². The molecular weight excluding hydrogens is 812 g/mol. The van der Waals surface area contributed by atoms with E-state index in [2.05, 4.69) is 10.6 Å². The first-order valence-electron chi connectivity index (χ1n) is 21.2. The highest BCUT2D eigenvalue weighted by atomic mass is 35.5. The summed E-state index contributed by atoms with van der Waals surface area (Å²) in [6.45, 7) is 8.34. The second-order valence-corrected chi connectivity index (χ2v) is 16.8. The van der Waals surface area contributed by atoms with Crippen molar-refractivity contribution in [2.24, 2.45) is 0 Å². The third-order valence-electron chi connectivity index (χ3n) is 12.0. The Labute approximate surface area is 372 Å². The molecule has 320 valence electrons. The van der Waals surface area contributed by atoms with Gasteiger partial charge in [-0.05, 0) is 161 Å². The number of rotatable bonds is 8. The molecule has 2 aliphatic heterocycles. The third kappa shape index (κ3) is 9.09. The second-order valence-electron chi connectivity index (χ2n) is 16.3. The predicted molar refractivity (Wildman–Crippen MR) is 249 cm³/mol. The monoisotopic (exact) mass is 860 g/mol.